The van der Waals surface area contributed by atoms with Gasteiger partial charge in [-0.05, 0) is 37.6 Å². The van der Waals surface area contributed by atoms with Crippen molar-refractivity contribution in [2.24, 2.45) is 5.41 Å². The molecule has 0 spiro atoms. The van der Waals surface area contributed by atoms with Gasteiger partial charge < -0.3 is 4.74 Å². The topological polar surface area (TPSA) is 26.3 Å². The number of carbonyl (C=O) groups is 1. The predicted molar refractivity (Wildman–Crippen MR) is 85.7 cm³/mol. The van der Waals surface area contributed by atoms with Crippen LogP contribution in [0.25, 0.3) is 10.8 Å². The van der Waals surface area contributed by atoms with Crippen molar-refractivity contribution >= 4 is 16.7 Å². The first kappa shape index (κ1) is 15.1. The summed E-state index contributed by atoms with van der Waals surface area (Å²) >= 11 is 0. The van der Waals surface area contributed by atoms with Gasteiger partial charge in [0.05, 0.1) is 0 Å². The number of hydrogen-bond donors (Lipinski definition) is 0. The Morgan fingerprint density at radius 2 is 1.76 bits per heavy atom. The van der Waals surface area contributed by atoms with E-state index in [1.807, 2.05) is 57.2 Å². The average molecular weight is 280 g/mol. The summed E-state index contributed by atoms with van der Waals surface area (Å²) in [5, 5.41) is 2.27. The SMILES string of the molecule is CC(=O)O[C@@H](C#CC(C)(C)C)c1ccc2ccccc2c1. The average Bonchev–Trinajstić information content (AvgIpc) is 2.41. The number of benzene rings is 2. The lowest BCUT2D eigenvalue weighted by Crippen LogP contribution is -2.08. The van der Waals surface area contributed by atoms with E-state index in [1.165, 1.54) is 6.92 Å². The van der Waals surface area contributed by atoms with Crippen LogP contribution in [0.3, 0.4) is 0 Å². The molecule has 0 N–H and O–H groups in total. The molecule has 2 rings (SSSR count). The molecule has 2 nitrogen and oxygen atoms in total. The van der Waals surface area contributed by atoms with Crippen molar-refractivity contribution in [2.45, 2.75) is 33.8 Å². The highest BCUT2D eigenvalue weighted by atomic mass is 16.5. The summed E-state index contributed by atoms with van der Waals surface area (Å²) in [6.45, 7) is 7.51. The number of fused-ring (bicyclic) bond motifs is 1. The van der Waals surface area contributed by atoms with Gasteiger partial charge in [-0.15, -0.1) is 0 Å². The van der Waals surface area contributed by atoms with E-state index in [0.717, 1.165) is 16.3 Å². The zero-order chi connectivity index (χ0) is 15.5. The maximum Gasteiger partial charge on any atom is 0.304 e. The van der Waals surface area contributed by atoms with Crippen molar-refractivity contribution < 1.29 is 9.53 Å². The first-order chi connectivity index (χ1) is 9.85. The molecule has 0 saturated heterocycles. The molecule has 0 bridgehead atoms. The monoisotopic (exact) mass is 280 g/mol. The lowest BCUT2D eigenvalue weighted by Gasteiger charge is -2.14. The molecule has 0 aromatic heterocycles. The van der Waals surface area contributed by atoms with E-state index < -0.39 is 6.10 Å². The minimum atomic E-state index is -0.522. The minimum Gasteiger partial charge on any atom is -0.444 e. The Labute approximate surface area is 126 Å². The van der Waals surface area contributed by atoms with Crippen LogP contribution in [0.15, 0.2) is 42.5 Å². The Morgan fingerprint density at radius 1 is 1.10 bits per heavy atom. The van der Waals surface area contributed by atoms with Gasteiger partial charge in [-0.2, -0.15) is 0 Å². The van der Waals surface area contributed by atoms with Crippen LogP contribution in [0.5, 0.6) is 0 Å². The van der Waals surface area contributed by atoms with Gasteiger partial charge in [-0.3, -0.25) is 4.79 Å². The molecule has 0 aliphatic heterocycles. The number of ether oxygens (including phenoxy) is 1. The summed E-state index contributed by atoms with van der Waals surface area (Å²) in [7, 11) is 0. The van der Waals surface area contributed by atoms with Gasteiger partial charge in [-0.25, -0.2) is 0 Å². The van der Waals surface area contributed by atoms with Gasteiger partial charge in [-0.1, -0.05) is 48.2 Å². The second kappa shape index (κ2) is 6.01. The fourth-order valence-corrected chi connectivity index (χ4v) is 2.00. The van der Waals surface area contributed by atoms with Crippen LogP contribution in [0.4, 0.5) is 0 Å². The molecule has 21 heavy (non-hydrogen) atoms. The normalized spacial score (nSPS) is 12.4. The minimum absolute atomic E-state index is 0.130. The van der Waals surface area contributed by atoms with Crippen molar-refractivity contribution in [1.82, 2.24) is 0 Å². The smallest absolute Gasteiger partial charge is 0.304 e. The van der Waals surface area contributed by atoms with Crippen LogP contribution in [-0.2, 0) is 9.53 Å². The highest BCUT2D eigenvalue weighted by Gasteiger charge is 2.13. The lowest BCUT2D eigenvalue weighted by molar-refractivity contribution is -0.144. The predicted octanol–water partition coefficient (Wildman–Crippen LogP) is 4.49. The molecule has 0 saturated carbocycles. The second-order valence-corrected chi connectivity index (χ2v) is 6.12. The molecule has 0 heterocycles. The molecular weight excluding hydrogens is 260 g/mol. The van der Waals surface area contributed by atoms with Gasteiger partial charge in [0.2, 0.25) is 0 Å². The van der Waals surface area contributed by atoms with Crippen molar-refractivity contribution in [2.75, 3.05) is 0 Å². The third kappa shape index (κ3) is 4.36. The van der Waals surface area contributed by atoms with Crippen LogP contribution >= 0.6 is 0 Å². The van der Waals surface area contributed by atoms with Crippen molar-refractivity contribution in [1.29, 1.82) is 0 Å². The molecule has 0 radical (unpaired) electrons. The van der Waals surface area contributed by atoms with Crippen molar-refractivity contribution in [3.05, 3.63) is 48.0 Å². The third-order valence-electron chi connectivity index (χ3n) is 2.94. The number of rotatable bonds is 2. The highest BCUT2D eigenvalue weighted by molar-refractivity contribution is 5.83. The summed E-state index contributed by atoms with van der Waals surface area (Å²) in [4.78, 5) is 11.3. The van der Waals surface area contributed by atoms with E-state index in [-0.39, 0.29) is 11.4 Å². The van der Waals surface area contributed by atoms with Gasteiger partial charge >= 0.3 is 5.97 Å². The highest BCUT2D eigenvalue weighted by Crippen LogP contribution is 2.23. The van der Waals surface area contributed by atoms with E-state index in [2.05, 4.69) is 17.9 Å². The first-order valence-electron chi connectivity index (χ1n) is 7.04. The van der Waals surface area contributed by atoms with Crippen LogP contribution < -0.4 is 0 Å². The van der Waals surface area contributed by atoms with Gasteiger partial charge in [0.15, 0.2) is 6.10 Å². The first-order valence-corrected chi connectivity index (χ1v) is 7.04. The zero-order valence-corrected chi connectivity index (χ0v) is 12.9. The molecule has 1 atom stereocenters. The molecule has 2 heteroatoms. The Balaban J connectivity index is 2.42. The summed E-state index contributed by atoms with van der Waals surface area (Å²) < 4.78 is 5.37. The molecule has 108 valence electrons. The van der Waals surface area contributed by atoms with Crippen molar-refractivity contribution in [3.8, 4) is 11.8 Å². The quantitative estimate of drug-likeness (QED) is 0.598. The van der Waals surface area contributed by atoms with Crippen LogP contribution in [0.2, 0.25) is 0 Å². The van der Waals surface area contributed by atoms with Crippen LogP contribution in [0.1, 0.15) is 39.4 Å². The maximum atomic E-state index is 11.3. The van der Waals surface area contributed by atoms with Gasteiger partial charge in [0, 0.05) is 17.9 Å². The molecule has 0 amide bonds. The van der Waals surface area contributed by atoms with E-state index in [4.69, 9.17) is 4.74 Å². The third-order valence-corrected chi connectivity index (χ3v) is 2.94. The Hall–Kier alpha value is -2.27. The summed E-state index contributed by atoms with van der Waals surface area (Å²) in [6.07, 6.45) is -0.522. The van der Waals surface area contributed by atoms with Crippen LogP contribution in [0, 0.1) is 17.3 Å². The number of hydrogen-bond acceptors (Lipinski definition) is 2. The van der Waals surface area contributed by atoms with Crippen LogP contribution in [-0.4, -0.2) is 5.97 Å². The summed E-state index contributed by atoms with van der Waals surface area (Å²) in [5.74, 6) is 5.90. The largest absolute Gasteiger partial charge is 0.444 e. The Morgan fingerprint density at radius 3 is 2.38 bits per heavy atom. The molecule has 0 fully saturated rings. The number of esters is 1. The van der Waals surface area contributed by atoms with E-state index in [0.29, 0.717) is 0 Å². The zero-order valence-electron chi connectivity index (χ0n) is 12.9. The number of carbonyl (C=O) groups excluding carboxylic acids is 1. The molecule has 2 aromatic carbocycles. The fraction of sp³-hybridized carbons (Fsp3) is 0.316. The Bertz CT molecular complexity index is 711. The van der Waals surface area contributed by atoms with E-state index in [1.54, 1.807) is 0 Å². The molecule has 2 aromatic rings. The van der Waals surface area contributed by atoms with Gasteiger partial charge in [0.1, 0.15) is 0 Å². The summed E-state index contributed by atoms with van der Waals surface area (Å²) in [6, 6.07) is 14.1. The molecule has 0 aliphatic carbocycles. The van der Waals surface area contributed by atoms with E-state index >= 15 is 0 Å². The maximum absolute atomic E-state index is 11.3. The Kier molecular flexibility index (Phi) is 4.33. The molecular formula is C19H20O2. The van der Waals surface area contributed by atoms with Crippen molar-refractivity contribution in [3.63, 3.8) is 0 Å². The standard InChI is InChI=1S/C19H20O2/c1-14(20)21-18(11-12-19(2,3)4)17-10-9-15-7-5-6-8-16(15)13-17/h5-10,13,18H,1-4H3/t18-/m0/s1. The lowest BCUT2D eigenvalue weighted by atomic mass is 9.96. The molecule has 0 unspecified atom stereocenters. The summed E-state index contributed by atoms with van der Waals surface area (Å²) in [5.41, 5.74) is 0.774. The second-order valence-electron chi connectivity index (χ2n) is 6.12. The van der Waals surface area contributed by atoms with E-state index in [9.17, 15) is 4.79 Å². The fourth-order valence-electron chi connectivity index (χ4n) is 2.00. The molecule has 0 aliphatic rings. The van der Waals surface area contributed by atoms with Gasteiger partial charge in [0.25, 0.3) is 0 Å².